The third kappa shape index (κ3) is 4.46. The molecule has 1 saturated heterocycles. The molecule has 6 N–H and O–H groups in total. The summed E-state index contributed by atoms with van der Waals surface area (Å²) in [5.41, 5.74) is 0.708. The molecule has 0 radical (unpaired) electrons. The molecule has 0 bridgehead atoms. The van der Waals surface area contributed by atoms with Crippen molar-refractivity contribution in [3.05, 3.63) is 34.6 Å². The Morgan fingerprint density at radius 3 is 2.64 bits per heavy atom. The zero-order chi connectivity index (χ0) is 22.9. The molecule has 11 heteroatoms. The normalized spacial score (nSPS) is 26.0. The Balaban J connectivity index is 1.53. The van der Waals surface area contributed by atoms with E-state index in [1.165, 1.54) is 11.3 Å². The lowest BCUT2D eigenvalue weighted by Gasteiger charge is -2.24. The fraction of sp³-hybridized carbons (Fsp3) is 0.500. The number of rotatable bonds is 6. The molecule has 3 aromatic rings. The lowest BCUT2D eigenvalue weighted by atomic mass is 10.1. The van der Waals surface area contributed by atoms with Crippen LogP contribution in [0.4, 0.5) is 11.8 Å². The maximum atomic E-state index is 13.2. The Morgan fingerprint density at radius 1 is 1.12 bits per heavy atom. The average molecular weight is 474 g/mol. The van der Waals surface area contributed by atoms with Gasteiger partial charge in [0.15, 0.2) is 0 Å². The number of aliphatic hydroxyl groups is 3. The first-order chi connectivity index (χ1) is 16.0. The minimum Gasteiger partial charge on any atom is -0.396 e. The lowest BCUT2D eigenvalue weighted by Crippen LogP contribution is -2.36. The number of H-pyrrole nitrogens is 1. The van der Waals surface area contributed by atoms with E-state index in [0.717, 1.165) is 23.1 Å². The zero-order valence-corrected chi connectivity index (χ0v) is 18.7. The number of hydrogen-bond donors (Lipinski definition) is 6. The number of nitrogens with zero attached hydrogens (tertiary/aromatic N) is 2. The molecule has 1 saturated carbocycles. The minimum absolute atomic E-state index is 0.126. The number of aromatic amines is 1. The van der Waals surface area contributed by atoms with Gasteiger partial charge in [0.1, 0.15) is 22.5 Å². The number of anilines is 2. The van der Waals surface area contributed by atoms with Crippen LogP contribution in [-0.2, 0) is 4.74 Å². The number of para-hydroxylation sites is 1. The highest BCUT2D eigenvalue weighted by molar-refractivity contribution is 7.21. The van der Waals surface area contributed by atoms with Crippen LogP contribution in [0.15, 0.2) is 29.1 Å². The third-order valence-electron chi connectivity index (χ3n) is 6.35. The van der Waals surface area contributed by atoms with Gasteiger partial charge in [-0.3, -0.25) is 9.78 Å². The Labute approximate surface area is 193 Å². The molecular weight excluding hydrogens is 446 g/mol. The van der Waals surface area contributed by atoms with Gasteiger partial charge in [0.25, 0.3) is 5.56 Å². The fourth-order valence-corrected chi connectivity index (χ4v) is 5.49. The van der Waals surface area contributed by atoms with E-state index in [1.54, 1.807) is 0 Å². The van der Waals surface area contributed by atoms with Crippen LogP contribution in [-0.4, -0.2) is 74.4 Å². The maximum absolute atomic E-state index is 13.2. The Kier molecular flexibility index (Phi) is 6.30. The molecule has 1 aliphatic carbocycles. The van der Waals surface area contributed by atoms with Gasteiger partial charge in [0.2, 0.25) is 5.95 Å². The van der Waals surface area contributed by atoms with Gasteiger partial charge in [-0.1, -0.05) is 12.1 Å². The molecule has 0 spiro atoms. The number of nitrogens with one attached hydrogen (secondary N) is 3. The third-order valence-corrected chi connectivity index (χ3v) is 7.40. The van der Waals surface area contributed by atoms with E-state index >= 15 is 0 Å². The van der Waals surface area contributed by atoms with E-state index in [-0.39, 0.29) is 29.6 Å². The van der Waals surface area contributed by atoms with Crippen LogP contribution in [0.1, 0.15) is 19.3 Å². The molecule has 3 heterocycles. The largest absolute Gasteiger partial charge is 0.396 e. The fourth-order valence-electron chi connectivity index (χ4n) is 4.48. The Hall–Kier alpha value is -2.57. The summed E-state index contributed by atoms with van der Waals surface area (Å²) < 4.78 is 6.34. The van der Waals surface area contributed by atoms with Gasteiger partial charge in [-0.05, 0) is 31.4 Å². The molecule has 1 aromatic carbocycles. The van der Waals surface area contributed by atoms with E-state index in [0.29, 0.717) is 30.6 Å². The van der Waals surface area contributed by atoms with Crippen LogP contribution >= 0.6 is 11.3 Å². The second kappa shape index (κ2) is 9.35. The first-order valence-corrected chi connectivity index (χ1v) is 11.9. The quantitative estimate of drug-likeness (QED) is 0.310. The van der Waals surface area contributed by atoms with Crippen molar-refractivity contribution in [2.75, 3.05) is 30.5 Å². The summed E-state index contributed by atoms with van der Waals surface area (Å²) >= 11 is 1.38. The zero-order valence-electron chi connectivity index (χ0n) is 17.9. The lowest BCUT2D eigenvalue weighted by molar-refractivity contribution is 0.00446. The highest BCUT2D eigenvalue weighted by Gasteiger charge is 2.41. The standard InChI is InChI=1S/C22H27N5O5S/c28-10-11-9-14(18(30)17(11)29)24-19-16(21-25-13-3-1-2-4-15(13)33-21)20(31)27-22(26-19)23-12-5-7-32-8-6-12/h1-4,11-12,14,17-18,28-30H,5-10H2,(H3,23,24,26,27,31)/t11-,14-,17-,18+/m1/s1. The highest BCUT2D eigenvalue weighted by atomic mass is 32.1. The molecule has 33 heavy (non-hydrogen) atoms. The SMILES string of the molecule is O=c1[nH]c(NC2CCOCC2)nc(N[C@@H]2C[C@H](CO)[C@@H](O)[C@H]2O)c1-c1nc2ccccc2s1. The first kappa shape index (κ1) is 22.2. The van der Waals surface area contributed by atoms with Gasteiger partial charge >= 0.3 is 0 Å². The van der Waals surface area contributed by atoms with Crippen molar-refractivity contribution in [3.8, 4) is 10.6 Å². The molecule has 10 nitrogen and oxygen atoms in total. The smallest absolute Gasteiger partial charge is 0.264 e. The van der Waals surface area contributed by atoms with Crippen LogP contribution in [0, 0.1) is 5.92 Å². The summed E-state index contributed by atoms with van der Waals surface area (Å²) in [7, 11) is 0. The van der Waals surface area contributed by atoms with Crippen molar-refractivity contribution in [2.45, 2.75) is 43.6 Å². The number of benzene rings is 1. The van der Waals surface area contributed by atoms with Crippen LogP contribution < -0.4 is 16.2 Å². The summed E-state index contributed by atoms with van der Waals surface area (Å²) in [6.45, 7) is 1.05. The van der Waals surface area contributed by atoms with E-state index < -0.39 is 24.2 Å². The topological polar surface area (TPSA) is 153 Å². The van der Waals surface area contributed by atoms with E-state index in [2.05, 4.69) is 25.6 Å². The summed E-state index contributed by atoms with van der Waals surface area (Å²) in [4.78, 5) is 25.3. The van der Waals surface area contributed by atoms with Crippen LogP contribution in [0.25, 0.3) is 20.8 Å². The molecule has 2 fully saturated rings. The summed E-state index contributed by atoms with van der Waals surface area (Å²) in [6.07, 6.45) is -0.205. The number of fused-ring (bicyclic) bond motifs is 1. The first-order valence-electron chi connectivity index (χ1n) is 11.1. The van der Waals surface area contributed by atoms with Gasteiger partial charge in [-0.2, -0.15) is 4.98 Å². The van der Waals surface area contributed by atoms with Gasteiger partial charge in [0.05, 0.1) is 22.4 Å². The van der Waals surface area contributed by atoms with E-state index in [1.807, 2.05) is 24.3 Å². The Morgan fingerprint density at radius 2 is 1.91 bits per heavy atom. The Bertz CT molecular complexity index is 1140. The molecule has 0 amide bonds. The predicted molar refractivity (Wildman–Crippen MR) is 126 cm³/mol. The number of ether oxygens (including phenoxy) is 1. The van der Waals surface area contributed by atoms with Crippen molar-refractivity contribution in [1.29, 1.82) is 0 Å². The van der Waals surface area contributed by atoms with E-state index in [9.17, 15) is 20.1 Å². The maximum Gasteiger partial charge on any atom is 0.264 e. The number of thiazole rings is 1. The molecule has 176 valence electrons. The molecule has 1 aliphatic heterocycles. The highest BCUT2D eigenvalue weighted by Crippen LogP contribution is 2.34. The average Bonchev–Trinajstić information content (AvgIpc) is 3.35. The van der Waals surface area contributed by atoms with Gasteiger partial charge in [-0.25, -0.2) is 4.98 Å². The number of aliphatic hydroxyl groups excluding tert-OH is 3. The van der Waals surface area contributed by atoms with Crippen molar-refractivity contribution >= 4 is 33.3 Å². The molecule has 2 aromatic heterocycles. The summed E-state index contributed by atoms with van der Waals surface area (Å²) in [6, 6.07) is 7.18. The van der Waals surface area contributed by atoms with Gasteiger partial charge in [-0.15, -0.1) is 11.3 Å². The summed E-state index contributed by atoms with van der Waals surface area (Å²) in [5.74, 6) is 0.151. The molecule has 4 atom stereocenters. The van der Waals surface area contributed by atoms with Crippen molar-refractivity contribution in [1.82, 2.24) is 15.0 Å². The van der Waals surface area contributed by atoms with Crippen LogP contribution in [0.3, 0.4) is 0 Å². The minimum atomic E-state index is -1.10. The van der Waals surface area contributed by atoms with Crippen molar-refractivity contribution in [2.24, 2.45) is 5.92 Å². The predicted octanol–water partition coefficient (Wildman–Crippen LogP) is 1.15. The van der Waals surface area contributed by atoms with Crippen molar-refractivity contribution < 1.29 is 20.1 Å². The molecule has 2 aliphatic rings. The molecule has 5 rings (SSSR count). The number of aromatic nitrogens is 3. The summed E-state index contributed by atoms with van der Waals surface area (Å²) in [5, 5.41) is 37.2. The second-order valence-electron chi connectivity index (χ2n) is 8.57. The van der Waals surface area contributed by atoms with Crippen LogP contribution in [0.2, 0.25) is 0 Å². The monoisotopic (exact) mass is 473 g/mol. The second-order valence-corrected chi connectivity index (χ2v) is 9.60. The number of hydrogen-bond acceptors (Lipinski definition) is 10. The van der Waals surface area contributed by atoms with Gasteiger partial charge < -0.3 is 30.7 Å². The van der Waals surface area contributed by atoms with Crippen molar-refractivity contribution in [3.63, 3.8) is 0 Å². The molecule has 0 unspecified atom stereocenters. The van der Waals surface area contributed by atoms with Crippen LogP contribution in [0.5, 0.6) is 0 Å². The van der Waals surface area contributed by atoms with E-state index in [4.69, 9.17) is 4.74 Å². The van der Waals surface area contributed by atoms with Gasteiger partial charge in [0, 0.05) is 31.8 Å². The molecular formula is C22H27N5O5S.